The minimum absolute atomic E-state index is 0.0255. The van der Waals surface area contributed by atoms with Gasteiger partial charge in [0.2, 0.25) is 0 Å². The molecule has 0 saturated carbocycles. The van der Waals surface area contributed by atoms with Gasteiger partial charge in [-0.2, -0.15) is 18.3 Å². The fourth-order valence-corrected chi connectivity index (χ4v) is 4.35. The maximum atomic E-state index is 13.0. The number of fused-ring (bicyclic) bond motifs is 1. The fraction of sp³-hybridized carbons (Fsp3) is 0.450. The van der Waals surface area contributed by atoms with Gasteiger partial charge in [0.15, 0.2) is 5.65 Å². The number of nitrogens with one attached hydrogen (secondary N) is 2. The van der Waals surface area contributed by atoms with E-state index < -0.39 is 11.7 Å². The summed E-state index contributed by atoms with van der Waals surface area (Å²) in [5.74, 6) is -0.323. The number of aromatic nitrogens is 4. The Balaban J connectivity index is 1.86. The summed E-state index contributed by atoms with van der Waals surface area (Å²) in [6.45, 7) is 3.91. The molecule has 154 valence electrons. The molecule has 3 heterocycles. The van der Waals surface area contributed by atoms with E-state index in [4.69, 9.17) is 0 Å². The van der Waals surface area contributed by atoms with Crippen molar-refractivity contribution in [3.8, 4) is 0 Å². The minimum atomic E-state index is -4.39. The summed E-state index contributed by atoms with van der Waals surface area (Å²) >= 11 is 0. The quantitative estimate of drug-likeness (QED) is 0.679. The molecule has 0 amide bonds. The van der Waals surface area contributed by atoms with Crippen LogP contribution in [0.1, 0.15) is 48.9 Å². The molecule has 1 aliphatic rings. The Kier molecular flexibility index (Phi) is 5.16. The molecule has 0 radical (unpaired) electrons. The highest BCUT2D eigenvalue weighted by Crippen LogP contribution is 2.37. The summed E-state index contributed by atoms with van der Waals surface area (Å²) in [6.07, 6.45) is -0.149. The lowest BCUT2D eigenvalue weighted by Crippen LogP contribution is -2.38. The Morgan fingerprint density at radius 1 is 1.17 bits per heavy atom. The van der Waals surface area contributed by atoms with Gasteiger partial charge in [0, 0.05) is 12.0 Å². The van der Waals surface area contributed by atoms with E-state index >= 15 is 0 Å². The second-order valence-corrected chi connectivity index (χ2v) is 7.38. The van der Waals surface area contributed by atoms with Crippen LogP contribution in [-0.2, 0) is 6.18 Å². The van der Waals surface area contributed by atoms with Crippen LogP contribution < -0.4 is 5.56 Å². The second-order valence-electron chi connectivity index (χ2n) is 7.38. The van der Waals surface area contributed by atoms with Crippen molar-refractivity contribution in [2.45, 2.75) is 44.3 Å². The predicted octanol–water partition coefficient (Wildman–Crippen LogP) is 3.67. The van der Waals surface area contributed by atoms with Crippen LogP contribution in [-0.4, -0.2) is 44.2 Å². The molecule has 29 heavy (non-hydrogen) atoms. The summed E-state index contributed by atoms with van der Waals surface area (Å²) in [7, 11) is 0. The number of hydrogen-bond acceptors (Lipinski definition) is 4. The van der Waals surface area contributed by atoms with Crippen LogP contribution >= 0.6 is 0 Å². The number of hydrogen-bond donors (Lipinski definition) is 2. The third kappa shape index (κ3) is 3.66. The van der Waals surface area contributed by atoms with Crippen molar-refractivity contribution in [1.82, 2.24) is 25.1 Å². The normalized spacial score (nSPS) is 17.7. The zero-order chi connectivity index (χ0) is 20.6. The van der Waals surface area contributed by atoms with E-state index in [0.717, 1.165) is 44.5 Å². The molecular weight excluding hydrogens is 383 g/mol. The first-order chi connectivity index (χ1) is 13.9. The van der Waals surface area contributed by atoms with Gasteiger partial charge in [-0.25, -0.2) is 4.98 Å². The van der Waals surface area contributed by atoms with Gasteiger partial charge in [-0.1, -0.05) is 19.1 Å². The average molecular weight is 405 g/mol. The molecule has 1 fully saturated rings. The molecule has 9 heteroatoms. The van der Waals surface area contributed by atoms with Crippen molar-refractivity contribution >= 4 is 11.0 Å². The summed E-state index contributed by atoms with van der Waals surface area (Å²) in [5, 5.41) is 7.48. The Bertz CT molecular complexity index is 1030. The highest BCUT2D eigenvalue weighted by molar-refractivity contribution is 5.77. The van der Waals surface area contributed by atoms with E-state index in [0.29, 0.717) is 22.3 Å². The summed E-state index contributed by atoms with van der Waals surface area (Å²) in [4.78, 5) is 21.5. The first kappa shape index (κ1) is 19.6. The van der Waals surface area contributed by atoms with Crippen LogP contribution in [0.25, 0.3) is 11.0 Å². The van der Waals surface area contributed by atoms with Gasteiger partial charge in [-0.3, -0.25) is 14.8 Å². The standard InChI is InChI=1S/C20H22F3N5O/c1-2-14(28-9-3-4-10-28)15(12-5-7-13(8-6-12)20(21,22)23)17-16-18(27-26-17)24-11-25-19(16)29/h5-8,11,14-15H,2-4,9-10H2,1H3,(H2,24,25,26,27,29). The molecule has 2 aromatic heterocycles. The van der Waals surface area contributed by atoms with Gasteiger partial charge in [0.1, 0.15) is 5.39 Å². The molecule has 3 aromatic rings. The smallest absolute Gasteiger partial charge is 0.312 e. The first-order valence-electron chi connectivity index (χ1n) is 9.73. The summed E-state index contributed by atoms with van der Waals surface area (Å²) < 4.78 is 39.1. The molecule has 2 atom stereocenters. The van der Waals surface area contributed by atoms with Crippen LogP contribution in [0.3, 0.4) is 0 Å². The molecule has 2 N–H and O–H groups in total. The molecule has 2 unspecified atom stereocenters. The summed E-state index contributed by atoms with van der Waals surface area (Å²) in [6, 6.07) is 5.23. The van der Waals surface area contributed by atoms with Crippen LogP contribution in [0.15, 0.2) is 35.4 Å². The molecule has 0 bridgehead atoms. The number of halogens is 3. The van der Waals surface area contributed by atoms with E-state index in [1.807, 2.05) is 0 Å². The van der Waals surface area contributed by atoms with Crippen molar-refractivity contribution < 1.29 is 13.2 Å². The minimum Gasteiger partial charge on any atom is -0.312 e. The second kappa shape index (κ2) is 7.62. The lowest BCUT2D eigenvalue weighted by atomic mass is 9.84. The first-order valence-corrected chi connectivity index (χ1v) is 9.73. The Labute approximate surface area is 165 Å². The fourth-order valence-electron chi connectivity index (χ4n) is 4.35. The van der Waals surface area contributed by atoms with Crippen molar-refractivity contribution in [2.75, 3.05) is 13.1 Å². The van der Waals surface area contributed by atoms with E-state index in [2.05, 4.69) is 32.0 Å². The zero-order valence-electron chi connectivity index (χ0n) is 16.0. The van der Waals surface area contributed by atoms with Gasteiger partial charge in [-0.05, 0) is 50.0 Å². The molecule has 0 aliphatic carbocycles. The van der Waals surface area contributed by atoms with Crippen LogP contribution in [0.2, 0.25) is 0 Å². The maximum absolute atomic E-state index is 13.0. The van der Waals surface area contributed by atoms with Gasteiger partial charge >= 0.3 is 6.18 Å². The average Bonchev–Trinajstić information content (AvgIpc) is 3.36. The SMILES string of the molecule is CCC(C(c1ccc(C(F)(F)F)cc1)c1[nH]nc2nc[nH]c(=O)c12)N1CCCC1. The van der Waals surface area contributed by atoms with Crippen molar-refractivity contribution in [3.05, 3.63) is 57.8 Å². The van der Waals surface area contributed by atoms with Gasteiger partial charge in [0.05, 0.1) is 17.6 Å². The maximum Gasteiger partial charge on any atom is 0.416 e. The van der Waals surface area contributed by atoms with Crippen molar-refractivity contribution in [1.29, 1.82) is 0 Å². The van der Waals surface area contributed by atoms with E-state index in [9.17, 15) is 18.0 Å². The molecule has 1 aromatic carbocycles. The van der Waals surface area contributed by atoms with Crippen molar-refractivity contribution in [3.63, 3.8) is 0 Å². The number of rotatable bonds is 5. The monoisotopic (exact) mass is 405 g/mol. The summed E-state index contributed by atoms with van der Waals surface area (Å²) in [5.41, 5.74) is 0.602. The predicted molar refractivity (Wildman–Crippen MR) is 103 cm³/mol. The third-order valence-electron chi connectivity index (χ3n) is 5.71. The van der Waals surface area contributed by atoms with Crippen LogP contribution in [0.4, 0.5) is 13.2 Å². The van der Waals surface area contributed by atoms with Crippen LogP contribution in [0.5, 0.6) is 0 Å². The lowest BCUT2D eigenvalue weighted by molar-refractivity contribution is -0.137. The van der Waals surface area contributed by atoms with Crippen molar-refractivity contribution in [2.24, 2.45) is 0 Å². The Morgan fingerprint density at radius 2 is 1.86 bits per heavy atom. The largest absolute Gasteiger partial charge is 0.416 e. The number of likely N-dealkylation sites (tertiary alicyclic amines) is 1. The molecule has 4 rings (SSSR count). The number of alkyl halides is 3. The van der Waals surface area contributed by atoms with Gasteiger partial charge in [-0.15, -0.1) is 0 Å². The number of aromatic amines is 2. The molecule has 1 saturated heterocycles. The number of nitrogens with zero attached hydrogens (tertiary/aromatic N) is 3. The Morgan fingerprint density at radius 3 is 2.48 bits per heavy atom. The number of H-pyrrole nitrogens is 2. The molecule has 6 nitrogen and oxygen atoms in total. The van der Waals surface area contributed by atoms with Crippen LogP contribution in [0, 0.1) is 0 Å². The number of benzene rings is 1. The van der Waals surface area contributed by atoms with E-state index in [-0.39, 0.29) is 17.5 Å². The van der Waals surface area contributed by atoms with E-state index in [1.165, 1.54) is 18.5 Å². The van der Waals surface area contributed by atoms with Gasteiger partial charge in [0.25, 0.3) is 5.56 Å². The molecule has 0 spiro atoms. The topological polar surface area (TPSA) is 77.7 Å². The highest BCUT2D eigenvalue weighted by atomic mass is 19.4. The lowest BCUT2D eigenvalue weighted by Gasteiger charge is -2.34. The Hall–Kier alpha value is -2.68. The van der Waals surface area contributed by atoms with Gasteiger partial charge < -0.3 is 4.98 Å². The highest BCUT2D eigenvalue weighted by Gasteiger charge is 2.35. The van der Waals surface area contributed by atoms with E-state index in [1.54, 1.807) is 0 Å². The third-order valence-corrected chi connectivity index (χ3v) is 5.71. The zero-order valence-corrected chi connectivity index (χ0v) is 16.0. The molecule has 1 aliphatic heterocycles. The molecular formula is C20H22F3N5O.